The number of thiazole rings is 1. The fraction of sp³-hybridized carbons (Fsp3) is 0.280. The molecule has 0 unspecified atom stereocenters. The average molecular weight is 478 g/mol. The lowest BCUT2D eigenvalue weighted by molar-refractivity contribution is -0.131. The first-order valence-corrected chi connectivity index (χ1v) is 11.9. The number of carbonyl (C=O) groups excluding carboxylic acids is 1. The molecule has 7 nitrogen and oxygen atoms in total. The van der Waals surface area contributed by atoms with Gasteiger partial charge in [-0.15, -0.1) is 16.4 Å². The van der Waals surface area contributed by atoms with Gasteiger partial charge in [-0.05, 0) is 55.5 Å². The second-order valence-electron chi connectivity index (χ2n) is 8.14. The summed E-state index contributed by atoms with van der Waals surface area (Å²) in [5.74, 6) is 1.40. The van der Waals surface area contributed by atoms with Crippen LogP contribution in [0.4, 0.5) is 4.39 Å². The number of fused-ring (bicyclic) bond motifs is 1. The first-order valence-electron chi connectivity index (χ1n) is 11.1. The number of hydrogen-bond acceptors (Lipinski definition) is 6. The van der Waals surface area contributed by atoms with Crippen LogP contribution in [0.1, 0.15) is 15.6 Å². The topological polar surface area (TPSA) is 73.1 Å². The second kappa shape index (κ2) is 9.34. The number of carbonyl (C=O) groups is 1. The van der Waals surface area contributed by atoms with Gasteiger partial charge in [0.2, 0.25) is 5.91 Å². The zero-order chi connectivity index (χ0) is 23.7. The fourth-order valence-corrected chi connectivity index (χ4v) is 5.07. The lowest BCUT2D eigenvalue weighted by atomic mass is 10.2. The number of halogens is 1. The Labute approximate surface area is 200 Å². The molecule has 5 rings (SSSR count). The molecule has 1 amide bonds. The predicted molar refractivity (Wildman–Crippen MR) is 128 cm³/mol. The van der Waals surface area contributed by atoms with Crippen LogP contribution in [0.2, 0.25) is 0 Å². The third-order valence-electron chi connectivity index (χ3n) is 5.87. The van der Waals surface area contributed by atoms with Crippen LogP contribution in [0.3, 0.4) is 0 Å². The monoisotopic (exact) mass is 477 g/mol. The Bertz CT molecular complexity index is 1290. The summed E-state index contributed by atoms with van der Waals surface area (Å²) in [6.45, 7) is 3.37. The normalized spacial score (nSPS) is 13.4. The third-order valence-corrected chi connectivity index (χ3v) is 6.95. The molecule has 9 heteroatoms. The highest BCUT2D eigenvalue weighted by atomic mass is 32.1. The number of ether oxygens (including phenoxy) is 1. The van der Waals surface area contributed by atoms with Crippen molar-refractivity contribution in [1.29, 1.82) is 0 Å². The summed E-state index contributed by atoms with van der Waals surface area (Å²) in [4.78, 5) is 25.7. The Morgan fingerprint density at radius 3 is 2.47 bits per heavy atom. The Balaban J connectivity index is 1.42. The third kappa shape index (κ3) is 4.56. The molecule has 0 aliphatic carbocycles. The highest BCUT2D eigenvalue weighted by Gasteiger charge is 2.23. The fourth-order valence-electron chi connectivity index (χ4n) is 4.10. The standard InChI is InChI=1S/C25H24FN5O2S/c1-16-27-21-11-13-30(14-12-22(21)34-16)23(32)15-31-25(18-5-9-20(33-2)10-6-18)28-24(29-31)17-3-7-19(26)8-4-17/h3-10H,11-15H2,1-2H3. The van der Waals surface area contributed by atoms with E-state index in [2.05, 4.69) is 10.1 Å². The van der Waals surface area contributed by atoms with Gasteiger partial charge in [-0.25, -0.2) is 19.0 Å². The number of benzene rings is 2. The summed E-state index contributed by atoms with van der Waals surface area (Å²) < 4.78 is 20.3. The van der Waals surface area contributed by atoms with Crippen LogP contribution in [-0.2, 0) is 24.2 Å². The van der Waals surface area contributed by atoms with Gasteiger partial charge in [-0.2, -0.15) is 0 Å². The van der Waals surface area contributed by atoms with Crippen molar-refractivity contribution in [3.63, 3.8) is 0 Å². The second-order valence-corrected chi connectivity index (χ2v) is 9.42. The first kappa shape index (κ1) is 22.2. The Hall–Kier alpha value is -3.59. The van der Waals surface area contributed by atoms with Crippen LogP contribution >= 0.6 is 11.3 Å². The van der Waals surface area contributed by atoms with Gasteiger partial charge in [0.25, 0.3) is 0 Å². The maximum Gasteiger partial charge on any atom is 0.244 e. The van der Waals surface area contributed by atoms with Crippen molar-refractivity contribution in [2.24, 2.45) is 0 Å². The van der Waals surface area contributed by atoms with Crippen LogP contribution in [0.25, 0.3) is 22.8 Å². The van der Waals surface area contributed by atoms with Crippen LogP contribution < -0.4 is 4.74 Å². The van der Waals surface area contributed by atoms with Gasteiger partial charge in [0.05, 0.1) is 17.8 Å². The lowest BCUT2D eigenvalue weighted by Gasteiger charge is -2.20. The van der Waals surface area contributed by atoms with Crippen molar-refractivity contribution in [3.8, 4) is 28.5 Å². The zero-order valence-electron chi connectivity index (χ0n) is 19.0. The average Bonchev–Trinajstić information content (AvgIpc) is 3.36. The highest BCUT2D eigenvalue weighted by Crippen LogP contribution is 2.26. The molecule has 2 aromatic carbocycles. The number of aryl methyl sites for hydroxylation is 1. The maximum absolute atomic E-state index is 13.4. The molecule has 0 N–H and O–H groups in total. The first-order chi connectivity index (χ1) is 16.5. The molecule has 0 atom stereocenters. The van der Waals surface area contributed by atoms with Crippen LogP contribution in [0.15, 0.2) is 48.5 Å². The van der Waals surface area contributed by atoms with Gasteiger partial charge in [-0.1, -0.05) is 0 Å². The van der Waals surface area contributed by atoms with E-state index >= 15 is 0 Å². The summed E-state index contributed by atoms with van der Waals surface area (Å²) in [6.07, 6.45) is 1.57. The minimum Gasteiger partial charge on any atom is -0.497 e. The van der Waals surface area contributed by atoms with Crippen molar-refractivity contribution in [2.75, 3.05) is 20.2 Å². The van der Waals surface area contributed by atoms with E-state index in [-0.39, 0.29) is 18.3 Å². The molecule has 0 bridgehead atoms. The predicted octanol–water partition coefficient (Wildman–Crippen LogP) is 4.15. The molecule has 0 fully saturated rings. The summed E-state index contributed by atoms with van der Waals surface area (Å²) in [5, 5.41) is 5.70. The van der Waals surface area contributed by atoms with E-state index in [1.165, 1.54) is 17.0 Å². The van der Waals surface area contributed by atoms with Crippen molar-refractivity contribution < 1.29 is 13.9 Å². The quantitative estimate of drug-likeness (QED) is 0.432. The van der Waals surface area contributed by atoms with E-state index < -0.39 is 0 Å². The van der Waals surface area contributed by atoms with Gasteiger partial charge in [-0.3, -0.25) is 4.79 Å². The largest absolute Gasteiger partial charge is 0.497 e. The summed E-state index contributed by atoms with van der Waals surface area (Å²) >= 11 is 1.71. The Kier molecular flexibility index (Phi) is 6.10. The number of rotatable bonds is 5. The van der Waals surface area contributed by atoms with Gasteiger partial charge >= 0.3 is 0 Å². The van der Waals surface area contributed by atoms with E-state index in [0.717, 1.165) is 34.9 Å². The van der Waals surface area contributed by atoms with Gasteiger partial charge in [0.1, 0.15) is 18.1 Å². The lowest BCUT2D eigenvalue weighted by Crippen LogP contribution is -2.36. The molecule has 0 spiro atoms. The zero-order valence-corrected chi connectivity index (χ0v) is 19.8. The molecular formula is C25H24FN5O2S. The van der Waals surface area contributed by atoms with E-state index in [4.69, 9.17) is 9.72 Å². The molecule has 34 heavy (non-hydrogen) atoms. The van der Waals surface area contributed by atoms with Crippen LogP contribution in [0, 0.1) is 12.7 Å². The summed E-state index contributed by atoms with van der Waals surface area (Å²) in [6, 6.07) is 13.5. The van der Waals surface area contributed by atoms with E-state index in [0.29, 0.717) is 30.3 Å². The molecule has 4 aromatic rings. The van der Waals surface area contributed by atoms with Gasteiger partial charge < -0.3 is 9.64 Å². The number of amides is 1. The summed E-state index contributed by atoms with van der Waals surface area (Å²) in [5.41, 5.74) is 2.60. The maximum atomic E-state index is 13.4. The Morgan fingerprint density at radius 2 is 1.74 bits per heavy atom. The number of hydrogen-bond donors (Lipinski definition) is 0. The number of nitrogens with zero attached hydrogens (tertiary/aromatic N) is 5. The molecule has 0 radical (unpaired) electrons. The molecule has 3 heterocycles. The van der Waals surface area contributed by atoms with E-state index in [9.17, 15) is 9.18 Å². The molecule has 1 aliphatic heterocycles. The molecule has 1 aliphatic rings. The molecular weight excluding hydrogens is 453 g/mol. The van der Waals surface area contributed by atoms with Crippen molar-refractivity contribution in [2.45, 2.75) is 26.3 Å². The number of methoxy groups -OCH3 is 1. The van der Waals surface area contributed by atoms with Crippen molar-refractivity contribution in [3.05, 3.63) is 69.9 Å². The summed E-state index contributed by atoms with van der Waals surface area (Å²) in [7, 11) is 1.61. The van der Waals surface area contributed by atoms with Gasteiger partial charge in [0, 0.05) is 41.9 Å². The van der Waals surface area contributed by atoms with Crippen molar-refractivity contribution in [1.82, 2.24) is 24.6 Å². The van der Waals surface area contributed by atoms with E-state index in [1.807, 2.05) is 36.1 Å². The van der Waals surface area contributed by atoms with Crippen LogP contribution in [0.5, 0.6) is 5.75 Å². The number of aromatic nitrogens is 4. The SMILES string of the molecule is COc1ccc(-c2nc(-c3ccc(F)cc3)nn2CC(=O)N2CCc3nc(C)sc3CC2)cc1. The smallest absolute Gasteiger partial charge is 0.244 e. The molecule has 2 aromatic heterocycles. The Morgan fingerprint density at radius 1 is 1.03 bits per heavy atom. The minimum absolute atomic E-state index is 0.0165. The van der Waals surface area contributed by atoms with Crippen molar-refractivity contribution >= 4 is 17.2 Å². The van der Waals surface area contributed by atoms with Gasteiger partial charge in [0.15, 0.2) is 11.6 Å². The molecule has 174 valence electrons. The van der Waals surface area contributed by atoms with Crippen LogP contribution in [-0.4, -0.2) is 50.8 Å². The van der Waals surface area contributed by atoms with E-state index in [1.54, 1.807) is 35.3 Å². The highest BCUT2D eigenvalue weighted by molar-refractivity contribution is 7.11. The molecule has 0 saturated heterocycles. The molecule has 0 saturated carbocycles. The minimum atomic E-state index is -0.326.